The topological polar surface area (TPSA) is 137 Å². The van der Waals surface area contributed by atoms with E-state index in [-0.39, 0.29) is 4.34 Å². The third-order valence-corrected chi connectivity index (χ3v) is 5.59. The molecular weight excluding hydrogens is 362 g/mol. The van der Waals surface area contributed by atoms with Crippen LogP contribution < -0.4 is 9.86 Å². The van der Waals surface area contributed by atoms with Crippen LogP contribution in [0.4, 0.5) is 5.69 Å². The van der Waals surface area contributed by atoms with Crippen LogP contribution in [-0.2, 0) is 20.0 Å². The van der Waals surface area contributed by atoms with E-state index in [2.05, 4.69) is 14.8 Å². The van der Waals surface area contributed by atoms with E-state index in [1.54, 1.807) is 30.5 Å². The van der Waals surface area contributed by atoms with Gasteiger partial charge in [-0.3, -0.25) is 4.72 Å². The van der Waals surface area contributed by atoms with Crippen LogP contribution in [0.1, 0.15) is 0 Å². The minimum absolute atomic E-state index is 0.209. The first-order valence-corrected chi connectivity index (χ1v) is 10.3. The molecule has 3 N–H and O–H groups in total. The Balaban J connectivity index is 1.93. The minimum Gasteiger partial charge on any atom is -0.284 e. The molecule has 2 heterocycles. The first-order chi connectivity index (χ1) is 10.6. The van der Waals surface area contributed by atoms with Gasteiger partial charge in [-0.15, -0.1) is 5.10 Å². The van der Waals surface area contributed by atoms with Gasteiger partial charge in [-0.1, -0.05) is 23.5 Å². The molecule has 0 saturated carbocycles. The summed E-state index contributed by atoms with van der Waals surface area (Å²) in [5, 5.41) is 8.88. The Hall–Kier alpha value is -2.02. The van der Waals surface area contributed by atoms with Gasteiger partial charge in [0.15, 0.2) is 0 Å². The zero-order valence-electron chi connectivity index (χ0n) is 11.7. The average Bonchev–Trinajstić information content (AvgIpc) is 2.95. The summed E-state index contributed by atoms with van der Waals surface area (Å²) in [5.74, 6) is 0. The zero-order chi connectivity index (χ0) is 16.8. The largest absolute Gasteiger partial charge is 0.284 e. The van der Waals surface area contributed by atoms with Crippen molar-refractivity contribution >= 4 is 42.0 Å². The highest BCUT2D eigenvalue weighted by molar-refractivity contribution is 7.92. The minimum atomic E-state index is -3.85. The third kappa shape index (κ3) is 3.50. The van der Waals surface area contributed by atoms with Gasteiger partial charge in [0.25, 0.3) is 10.0 Å². The molecule has 0 aliphatic carbocycles. The zero-order valence-corrected chi connectivity index (χ0v) is 14.1. The smallest absolute Gasteiger partial charge is 0.267 e. The van der Waals surface area contributed by atoms with Crippen molar-refractivity contribution in [1.29, 1.82) is 0 Å². The predicted octanol–water partition coefficient (Wildman–Crippen LogP) is 0.477. The van der Waals surface area contributed by atoms with Crippen LogP contribution in [0.5, 0.6) is 0 Å². The standard InChI is InChI=1S/C11H11N5O4S3/c1-22(17,18)15-8-4-2-7(3-5-8)9-6-16-10(13-9)21-11(14-16)23(12,19)20/h2-6,15H,1H3,(H2,12,19,20). The predicted molar refractivity (Wildman–Crippen MR) is 86.1 cm³/mol. The number of anilines is 1. The molecule has 3 aromatic rings. The van der Waals surface area contributed by atoms with Crippen molar-refractivity contribution < 1.29 is 16.8 Å². The van der Waals surface area contributed by atoms with Crippen LogP contribution in [0.25, 0.3) is 16.2 Å². The Bertz CT molecular complexity index is 1050. The molecule has 0 spiro atoms. The molecule has 2 aromatic heterocycles. The van der Waals surface area contributed by atoms with Gasteiger partial charge < -0.3 is 0 Å². The lowest BCUT2D eigenvalue weighted by atomic mass is 10.1. The number of sulfonamides is 2. The summed E-state index contributed by atoms with van der Waals surface area (Å²) < 4.78 is 48.3. The Morgan fingerprint density at radius 2 is 1.83 bits per heavy atom. The Labute approximate surface area is 135 Å². The van der Waals surface area contributed by atoms with Gasteiger partial charge in [-0.05, 0) is 12.1 Å². The fraction of sp³-hybridized carbons (Fsp3) is 0.0909. The summed E-state index contributed by atoms with van der Waals surface area (Å²) in [7, 11) is -7.19. The molecule has 9 nitrogen and oxygen atoms in total. The number of fused-ring (bicyclic) bond motifs is 1. The molecule has 0 aliphatic heterocycles. The molecule has 23 heavy (non-hydrogen) atoms. The first kappa shape index (κ1) is 15.9. The quantitative estimate of drug-likeness (QED) is 0.682. The number of imidazole rings is 1. The lowest BCUT2D eigenvalue weighted by Gasteiger charge is -2.04. The van der Waals surface area contributed by atoms with Gasteiger partial charge in [0.2, 0.25) is 19.3 Å². The fourth-order valence-electron chi connectivity index (χ4n) is 1.86. The van der Waals surface area contributed by atoms with Gasteiger partial charge in [0.1, 0.15) is 0 Å². The summed E-state index contributed by atoms with van der Waals surface area (Å²) in [6.07, 6.45) is 2.64. The lowest BCUT2D eigenvalue weighted by Crippen LogP contribution is -2.12. The number of benzene rings is 1. The van der Waals surface area contributed by atoms with E-state index < -0.39 is 20.0 Å². The summed E-state index contributed by atoms with van der Waals surface area (Å²) in [6.45, 7) is 0. The summed E-state index contributed by atoms with van der Waals surface area (Å²) in [6, 6.07) is 6.60. The molecule has 0 fully saturated rings. The first-order valence-electron chi connectivity index (χ1n) is 6.09. The highest BCUT2D eigenvalue weighted by atomic mass is 32.2. The highest BCUT2D eigenvalue weighted by Crippen LogP contribution is 2.24. The molecule has 0 radical (unpaired) electrons. The normalized spacial score (nSPS) is 12.6. The Kier molecular flexibility index (Phi) is 3.63. The van der Waals surface area contributed by atoms with Crippen molar-refractivity contribution in [2.24, 2.45) is 5.14 Å². The molecule has 0 bridgehead atoms. The molecule has 0 amide bonds. The summed E-state index contributed by atoms with van der Waals surface area (Å²) >= 11 is 0.867. The highest BCUT2D eigenvalue weighted by Gasteiger charge is 2.17. The molecule has 1 aromatic carbocycles. The van der Waals surface area contributed by atoms with Gasteiger partial charge in [-0.2, -0.15) is 0 Å². The summed E-state index contributed by atoms with van der Waals surface area (Å²) in [5.41, 5.74) is 1.75. The fourth-order valence-corrected chi connectivity index (χ4v) is 3.93. The number of nitrogens with one attached hydrogen (secondary N) is 1. The van der Waals surface area contributed by atoms with Crippen molar-refractivity contribution in [3.8, 4) is 11.3 Å². The molecule has 0 saturated heterocycles. The van der Waals surface area contributed by atoms with E-state index in [9.17, 15) is 16.8 Å². The number of hydrogen-bond donors (Lipinski definition) is 2. The molecule has 12 heteroatoms. The molecule has 0 aliphatic rings. The van der Waals surface area contributed by atoms with Crippen molar-refractivity contribution in [2.45, 2.75) is 4.34 Å². The lowest BCUT2D eigenvalue weighted by molar-refractivity contribution is 0.594. The number of nitrogens with zero attached hydrogens (tertiary/aromatic N) is 3. The van der Waals surface area contributed by atoms with Crippen molar-refractivity contribution in [3.63, 3.8) is 0 Å². The molecule has 0 atom stereocenters. The van der Waals surface area contributed by atoms with E-state index in [1.165, 1.54) is 4.52 Å². The molecular formula is C11H11N5O4S3. The van der Waals surface area contributed by atoms with E-state index in [0.717, 1.165) is 23.2 Å². The molecule has 122 valence electrons. The molecule has 3 rings (SSSR count). The monoisotopic (exact) mass is 373 g/mol. The number of rotatable bonds is 4. The van der Waals surface area contributed by atoms with Crippen LogP contribution >= 0.6 is 11.3 Å². The van der Waals surface area contributed by atoms with Crippen LogP contribution in [0.15, 0.2) is 34.8 Å². The van der Waals surface area contributed by atoms with Gasteiger partial charge >= 0.3 is 0 Å². The second kappa shape index (κ2) is 5.26. The van der Waals surface area contributed by atoms with Gasteiger partial charge in [0, 0.05) is 11.3 Å². The second-order valence-electron chi connectivity index (χ2n) is 4.72. The number of nitrogens with two attached hydrogens (primary N) is 1. The maximum Gasteiger partial charge on any atom is 0.267 e. The van der Waals surface area contributed by atoms with Crippen LogP contribution in [-0.4, -0.2) is 37.7 Å². The van der Waals surface area contributed by atoms with Crippen LogP contribution in [0.2, 0.25) is 0 Å². The van der Waals surface area contributed by atoms with Gasteiger partial charge in [-0.25, -0.2) is 31.5 Å². The average molecular weight is 373 g/mol. The number of aromatic nitrogens is 3. The van der Waals surface area contributed by atoms with E-state index >= 15 is 0 Å². The van der Waals surface area contributed by atoms with Crippen molar-refractivity contribution in [1.82, 2.24) is 14.6 Å². The van der Waals surface area contributed by atoms with Crippen molar-refractivity contribution in [3.05, 3.63) is 30.5 Å². The maximum atomic E-state index is 11.2. The summed E-state index contributed by atoms with van der Waals surface area (Å²) in [4.78, 5) is 4.67. The Morgan fingerprint density at radius 3 is 2.35 bits per heavy atom. The van der Waals surface area contributed by atoms with E-state index in [4.69, 9.17) is 5.14 Å². The molecule has 0 unspecified atom stereocenters. The third-order valence-electron chi connectivity index (χ3n) is 2.75. The van der Waals surface area contributed by atoms with E-state index in [0.29, 0.717) is 16.3 Å². The second-order valence-corrected chi connectivity index (χ2v) is 9.16. The maximum absolute atomic E-state index is 11.2. The Morgan fingerprint density at radius 1 is 1.17 bits per heavy atom. The van der Waals surface area contributed by atoms with E-state index in [1.807, 2.05) is 0 Å². The van der Waals surface area contributed by atoms with Crippen molar-refractivity contribution in [2.75, 3.05) is 11.0 Å². The van der Waals surface area contributed by atoms with Crippen LogP contribution in [0.3, 0.4) is 0 Å². The number of primary sulfonamides is 1. The van der Waals surface area contributed by atoms with Crippen LogP contribution in [0, 0.1) is 0 Å². The SMILES string of the molecule is CS(=O)(=O)Nc1ccc(-c2cn3nc(S(N)(=O)=O)sc3n2)cc1. The van der Waals surface area contributed by atoms with Gasteiger partial charge in [0.05, 0.1) is 18.1 Å². The number of hydrogen-bond acceptors (Lipinski definition) is 7.